The lowest BCUT2D eigenvalue weighted by Crippen LogP contribution is -2.42. The van der Waals surface area contributed by atoms with E-state index >= 15 is 0 Å². The molecule has 0 aromatic rings. The third-order valence-corrected chi connectivity index (χ3v) is 5.85. The Morgan fingerprint density at radius 1 is 1.13 bits per heavy atom. The zero-order valence-electron chi connectivity index (χ0n) is 10.8. The largest absolute Gasteiger partial charge is 0.303 e. The second-order valence-electron chi connectivity index (χ2n) is 7.53. The van der Waals surface area contributed by atoms with Crippen LogP contribution in [0.15, 0.2) is 0 Å². The van der Waals surface area contributed by atoms with Crippen LogP contribution in [0.1, 0.15) is 52.9 Å². The Hall–Kier alpha value is -0.0400. The van der Waals surface area contributed by atoms with Crippen molar-refractivity contribution in [3.8, 4) is 0 Å². The molecule has 1 spiro atoms. The van der Waals surface area contributed by atoms with Gasteiger partial charge in [0.1, 0.15) is 0 Å². The van der Waals surface area contributed by atoms with Gasteiger partial charge in [-0.25, -0.2) is 0 Å². The molecule has 2 saturated carbocycles. The number of rotatable bonds is 0. The Bertz CT molecular complexity index is 284. The Balaban J connectivity index is 1.98. The summed E-state index contributed by atoms with van der Waals surface area (Å²) in [6, 6.07) is 0.889. The van der Waals surface area contributed by atoms with Gasteiger partial charge in [0.25, 0.3) is 0 Å². The molecule has 86 valence electrons. The van der Waals surface area contributed by atoms with Crippen molar-refractivity contribution in [3.05, 3.63) is 0 Å². The Morgan fingerprint density at radius 3 is 2.27 bits per heavy atom. The molecular weight excluding hydrogens is 182 g/mol. The van der Waals surface area contributed by atoms with E-state index in [1.165, 1.54) is 38.6 Å². The first-order chi connectivity index (χ1) is 6.89. The van der Waals surface area contributed by atoms with Crippen molar-refractivity contribution in [1.82, 2.24) is 4.90 Å². The molecule has 1 heterocycles. The van der Waals surface area contributed by atoms with Gasteiger partial charge in [0.2, 0.25) is 0 Å². The second-order valence-corrected chi connectivity index (χ2v) is 7.53. The van der Waals surface area contributed by atoms with E-state index in [0.29, 0.717) is 10.8 Å². The van der Waals surface area contributed by atoms with Crippen LogP contribution in [0.3, 0.4) is 0 Å². The molecule has 0 radical (unpaired) electrons. The van der Waals surface area contributed by atoms with Crippen LogP contribution >= 0.6 is 0 Å². The first-order valence-electron chi connectivity index (χ1n) is 6.59. The molecular formula is C14H25N. The average Bonchev–Trinajstić information content (AvgIpc) is 2.63. The fourth-order valence-corrected chi connectivity index (χ4v) is 4.53. The molecule has 0 N–H and O–H groups in total. The summed E-state index contributed by atoms with van der Waals surface area (Å²) in [4.78, 5) is 2.65. The Kier molecular flexibility index (Phi) is 1.77. The van der Waals surface area contributed by atoms with Gasteiger partial charge in [0.15, 0.2) is 0 Å². The van der Waals surface area contributed by atoms with E-state index in [-0.39, 0.29) is 0 Å². The van der Waals surface area contributed by atoms with Gasteiger partial charge in [0.05, 0.1) is 0 Å². The number of nitrogens with zero attached hydrogens (tertiary/aromatic N) is 1. The van der Waals surface area contributed by atoms with Crippen LogP contribution in [0.25, 0.3) is 0 Å². The van der Waals surface area contributed by atoms with Crippen molar-refractivity contribution in [2.45, 2.75) is 58.9 Å². The first kappa shape index (κ1) is 10.1. The van der Waals surface area contributed by atoms with Crippen LogP contribution < -0.4 is 0 Å². The SMILES string of the molecule is CN1CCC2(C(C)(C)C)CC3(CC3)CC12. The zero-order chi connectivity index (χ0) is 10.9. The quantitative estimate of drug-likeness (QED) is 0.589. The monoisotopic (exact) mass is 207 g/mol. The summed E-state index contributed by atoms with van der Waals surface area (Å²) in [5.41, 5.74) is 1.93. The van der Waals surface area contributed by atoms with E-state index in [2.05, 4.69) is 32.7 Å². The predicted molar refractivity (Wildman–Crippen MR) is 63.8 cm³/mol. The van der Waals surface area contributed by atoms with Crippen molar-refractivity contribution < 1.29 is 0 Å². The maximum Gasteiger partial charge on any atom is 0.0160 e. The molecule has 1 saturated heterocycles. The highest BCUT2D eigenvalue weighted by Crippen LogP contribution is 2.71. The summed E-state index contributed by atoms with van der Waals surface area (Å²) in [5.74, 6) is 0. The van der Waals surface area contributed by atoms with Crippen LogP contribution in [0.2, 0.25) is 0 Å². The highest BCUT2D eigenvalue weighted by Gasteiger charge is 2.65. The van der Waals surface area contributed by atoms with Crippen molar-refractivity contribution in [3.63, 3.8) is 0 Å². The molecule has 0 aromatic heterocycles. The second kappa shape index (κ2) is 2.61. The molecule has 0 aromatic carbocycles. The van der Waals surface area contributed by atoms with Crippen LogP contribution in [-0.2, 0) is 0 Å². The van der Waals surface area contributed by atoms with Gasteiger partial charge in [-0.1, -0.05) is 20.8 Å². The molecule has 1 aliphatic heterocycles. The molecule has 1 nitrogen and oxygen atoms in total. The van der Waals surface area contributed by atoms with Gasteiger partial charge in [-0.05, 0) is 61.9 Å². The number of fused-ring (bicyclic) bond motifs is 1. The Morgan fingerprint density at radius 2 is 1.80 bits per heavy atom. The van der Waals surface area contributed by atoms with Gasteiger partial charge in [-0.3, -0.25) is 0 Å². The lowest BCUT2D eigenvalue weighted by molar-refractivity contribution is 0.0650. The van der Waals surface area contributed by atoms with E-state index < -0.39 is 0 Å². The topological polar surface area (TPSA) is 3.24 Å². The van der Waals surface area contributed by atoms with Crippen LogP contribution in [0.4, 0.5) is 0 Å². The van der Waals surface area contributed by atoms with E-state index in [1.54, 1.807) is 0 Å². The number of likely N-dealkylation sites (tertiary alicyclic amines) is 1. The maximum absolute atomic E-state index is 2.65. The van der Waals surface area contributed by atoms with Gasteiger partial charge in [-0.2, -0.15) is 0 Å². The summed E-state index contributed by atoms with van der Waals surface area (Å²) < 4.78 is 0. The molecule has 15 heavy (non-hydrogen) atoms. The minimum absolute atomic E-state index is 0.495. The third-order valence-electron chi connectivity index (χ3n) is 5.85. The average molecular weight is 207 g/mol. The third kappa shape index (κ3) is 1.19. The fourth-order valence-electron chi connectivity index (χ4n) is 4.53. The molecule has 2 unspecified atom stereocenters. The summed E-state index contributed by atoms with van der Waals surface area (Å²) in [7, 11) is 2.35. The van der Waals surface area contributed by atoms with Gasteiger partial charge >= 0.3 is 0 Å². The minimum Gasteiger partial charge on any atom is -0.303 e. The Labute approximate surface area is 94.2 Å². The van der Waals surface area contributed by atoms with Crippen molar-refractivity contribution >= 4 is 0 Å². The summed E-state index contributed by atoms with van der Waals surface area (Å²) >= 11 is 0. The molecule has 3 fully saturated rings. The maximum atomic E-state index is 2.65. The minimum atomic E-state index is 0.495. The smallest absolute Gasteiger partial charge is 0.0160 e. The van der Waals surface area contributed by atoms with E-state index in [4.69, 9.17) is 0 Å². The highest BCUT2D eigenvalue weighted by atomic mass is 15.2. The molecule has 2 atom stereocenters. The van der Waals surface area contributed by atoms with E-state index in [0.717, 1.165) is 11.5 Å². The predicted octanol–water partition coefficient (Wildman–Crippen LogP) is 3.30. The fraction of sp³-hybridized carbons (Fsp3) is 1.00. The summed E-state index contributed by atoms with van der Waals surface area (Å²) in [5, 5.41) is 0. The van der Waals surface area contributed by atoms with Gasteiger partial charge in [-0.15, -0.1) is 0 Å². The lowest BCUT2D eigenvalue weighted by atomic mass is 9.62. The van der Waals surface area contributed by atoms with Crippen molar-refractivity contribution in [2.24, 2.45) is 16.2 Å². The van der Waals surface area contributed by atoms with Crippen molar-refractivity contribution in [2.75, 3.05) is 13.6 Å². The first-order valence-corrected chi connectivity index (χ1v) is 6.59. The highest BCUT2D eigenvalue weighted by molar-refractivity contribution is 5.17. The van der Waals surface area contributed by atoms with Crippen LogP contribution in [0, 0.1) is 16.2 Å². The van der Waals surface area contributed by atoms with E-state index in [1.807, 2.05) is 0 Å². The summed E-state index contributed by atoms with van der Waals surface area (Å²) in [6.07, 6.45) is 7.52. The number of hydrogen-bond donors (Lipinski definition) is 0. The van der Waals surface area contributed by atoms with Gasteiger partial charge in [0, 0.05) is 6.04 Å². The number of hydrogen-bond acceptors (Lipinski definition) is 1. The standard InChI is InChI=1S/C14H25N/c1-12(2,3)14-7-8-15(4)11(14)9-13(10-14)5-6-13/h11H,5-10H2,1-4H3. The van der Waals surface area contributed by atoms with Crippen molar-refractivity contribution in [1.29, 1.82) is 0 Å². The molecule has 1 heteroatoms. The molecule has 3 aliphatic rings. The molecule has 3 rings (SSSR count). The lowest BCUT2D eigenvalue weighted by Gasteiger charge is -2.43. The molecule has 0 amide bonds. The normalized spacial score (nSPS) is 43.6. The molecule has 0 bridgehead atoms. The molecule has 2 aliphatic carbocycles. The van der Waals surface area contributed by atoms with Crippen LogP contribution in [0.5, 0.6) is 0 Å². The van der Waals surface area contributed by atoms with E-state index in [9.17, 15) is 0 Å². The van der Waals surface area contributed by atoms with Crippen LogP contribution in [-0.4, -0.2) is 24.5 Å². The zero-order valence-corrected chi connectivity index (χ0v) is 10.8. The summed E-state index contributed by atoms with van der Waals surface area (Å²) in [6.45, 7) is 8.75. The van der Waals surface area contributed by atoms with Gasteiger partial charge < -0.3 is 4.90 Å².